The van der Waals surface area contributed by atoms with Crippen LogP contribution < -0.4 is 11.1 Å². The largest absolute Gasteiger partial charge is 0.383 e. The number of pyridine rings is 1. The van der Waals surface area contributed by atoms with Crippen LogP contribution in [-0.4, -0.2) is 16.0 Å². The van der Waals surface area contributed by atoms with Crippen molar-refractivity contribution in [1.82, 2.24) is 15.5 Å². The molecule has 3 aromatic rings. The molecule has 0 saturated heterocycles. The lowest BCUT2D eigenvalue weighted by Gasteiger charge is -2.06. The molecule has 2 heterocycles. The van der Waals surface area contributed by atoms with Gasteiger partial charge in [-0.1, -0.05) is 29.4 Å². The van der Waals surface area contributed by atoms with Crippen LogP contribution in [0.1, 0.15) is 21.9 Å². The van der Waals surface area contributed by atoms with Crippen molar-refractivity contribution in [3.63, 3.8) is 0 Å². The number of hydrogen-bond acceptors (Lipinski definition) is 5. The van der Waals surface area contributed by atoms with Crippen LogP contribution in [0.15, 0.2) is 40.9 Å². The molecule has 0 radical (unpaired) electrons. The second kappa shape index (κ2) is 5.24. The normalized spacial score (nSPS) is 10.7. The third-order valence-corrected chi connectivity index (χ3v) is 3.11. The molecule has 3 rings (SSSR count). The van der Waals surface area contributed by atoms with E-state index in [0.717, 1.165) is 10.8 Å². The Balaban J connectivity index is 1.81. The zero-order valence-corrected chi connectivity index (χ0v) is 11.5. The van der Waals surface area contributed by atoms with Crippen LogP contribution in [0, 0.1) is 6.92 Å². The maximum absolute atomic E-state index is 12.1. The topological polar surface area (TPSA) is 94.0 Å². The second-order valence-electron chi connectivity index (χ2n) is 4.73. The Morgan fingerprint density at radius 2 is 2.14 bits per heavy atom. The third-order valence-electron chi connectivity index (χ3n) is 3.11. The molecule has 0 fully saturated rings. The van der Waals surface area contributed by atoms with E-state index in [1.54, 1.807) is 19.1 Å². The van der Waals surface area contributed by atoms with Crippen molar-refractivity contribution in [1.29, 1.82) is 0 Å². The SMILES string of the molecule is Cc1cc(CNC(=O)c2cc3ccccc3c(N)n2)no1. The van der Waals surface area contributed by atoms with Gasteiger partial charge in [0.2, 0.25) is 0 Å². The molecule has 1 aromatic carbocycles. The predicted molar refractivity (Wildman–Crippen MR) is 78.6 cm³/mol. The summed E-state index contributed by atoms with van der Waals surface area (Å²) in [4.78, 5) is 16.3. The number of nitrogens with zero attached hydrogens (tertiary/aromatic N) is 2. The minimum atomic E-state index is -0.298. The van der Waals surface area contributed by atoms with Crippen molar-refractivity contribution in [3.8, 4) is 0 Å². The summed E-state index contributed by atoms with van der Waals surface area (Å²) in [6, 6.07) is 11.0. The molecule has 0 aliphatic carbocycles. The number of fused-ring (bicyclic) bond motifs is 1. The van der Waals surface area contributed by atoms with Gasteiger partial charge in [0, 0.05) is 11.5 Å². The first-order valence-electron chi connectivity index (χ1n) is 6.49. The molecule has 6 heteroatoms. The molecule has 2 aromatic heterocycles. The van der Waals surface area contributed by atoms with Crippen LogP contribution in [0.5, 0.6) is 0 Å². The fourth-order valence-electron chi connectivity index (χ4n) is 2.10. The number of benzene rings is 1. The molecule has 21 heavy (non-hydrogen) atoms. The maximum Gasteiger partial charge on any atom is 0.270 e. The summed E-state index contributed by atoms with van der Waals surface area (Å²) >= 11 is 0. The molecule has 0 aliphatic rings. The smallest absolute Gasteiger partial charge is 0.270 e. The zero-order chi connectivity index (χ0) is 14.8. The van der Waals surface area contributed by atoms with Crippen molar-refractivity contribution in [3.05, 3.63) is 53.5 Å². The number of nitrogen functional groups attached to an aromatic ring is 1. The molecule has 6 nitrogen and oxygen atoms in total. The van der Waals surface area contributed by atoms with E-state index in [2.05, 4.69) is 15.5 Å². The van der Waals surface area contributed by atoms with Gasteiger partial charge in [0.05, 0.1) is 6.54 Å². The number of amides is 1. The molecular formula is C15H14N4O2. The minimum Gasteiger partial charge on any atom is -0.383 e. The molecule has 1 amide bonds. The first-order valence-corrected chi connectivity index (χ1v) is 6.49. The van der Waals surface area contributed by atoms with Crippen LogP contribution in [0.2, 0.25) is 0 Å². The van der Waals surface area contributed by atoms with E-state index in [4.69, 9.17) is 10.3 Å². The third kappa shape index (κ3) is 2.69. The van der Waals surface area contributed by atoms with Crippen molar-refractivity contribution in [2.45, 2.75) is 13.5 Å². The van der Waals surface area contributed by atoms with Crippen LogP contribution in [0.3, 0.4) is 0 Å². The quantitative estimate of drug-likeness (QED) is 0.766. The first-order chi connectivity index (χ1) is 10.1. The fraction of sp³-hybridized carbons (Fsp3) is 0.133. The lowest BCUT2D eigenvalue weighted by molar-refractivity contribution is 0.0945. The Bertz CT molecular complexity index is 810. The van der Waals surface area contributed by atoms with Gasteiger partial charge in [-0.2, -0.15) is 0 Å². The van der Waals surface area contributed by atoms with Crippen molar-refractivity contribution >= 4 is 22.5 Å². The van der Waals surface area contributed by atoms with Gasteiger partial charge >= 0.3 is 0 Å². The van der Waals surface area contributed by atoms with Gasteiger partial charge in [-0.3, -0.25) is 4.79 Å². The van der Waals surface area contributed by atoms with Gasteiger partial charge in [-0.15, -0.1) is 0 Å². The first kappa shape index (κ1) is 13.1. The summed E-state index contributed by atoms with van der Waals surface area (Å²) in [5.74, 6) is 0.746. The number of nitrogens with two attached hydrogens (primary N) is 1. The van der Waals surface area contributed by atoms with E-state index in [1.165, 1.54) is 0 Å². The average molecular weight is 282 g/mol. The van der Waals surface area contributed by atoms with Crippen molar-refractivity contribution < 1.29 is 9.32 Å². The number of hydrogen-bond donors (Lipinski definition) is 2. The zero-order valence-electron chi connectivity index (χ0n) is 11.5. The molecule has 0 aliphatic heterocycles. The van der Waals surface area contributed by atoms with E-state index in [0.29, 0.717) is 17.3 Å². The van der Waals surface area contributed by atoms with Crippen LogP contribution in [-0.2, 0) is 6.54 Å². The van der Waals surface area contributed by atoms with Crippen LogP contribution in [0.4, 0.5) is 5.82 Å². The predicted octanol–water partition coefficient (Wildman–Crippen LogP) is 2.04. The summed E-state index contributed by atoms with van der Waals surface area (Å²) < 4.78 is 4.94. The molecular weight excluding hydrogens is 268 g/mol. The Kier molecular flexibility index (Phi) is 3.27. The number of nitrogens with one attached hydrogen (secondary N) is 1. The van der Waals surface area contributed by atoms with Gasteiger partial charge in [-0.05, 0) is 18.4 Å². The van der Waals surface area contributed by atoms with Gasteiger partial charge in [0.1, 0.15) is 23.0 Å². The number of aryl methyl sites for hydroxylation is 1. The Morgan fingerprint density at radius 3 is 2.90 bits per heavy atom. The number of anilines is 1. The molecule has 0 unspecified atom stereocenters. The van der Waals surface area contributed by atoms with Gasteiger partial charge in [-0.25, -0.2) is 4.98 Å². The summed E-state index contributed by atoms with van der Waals surface area (Å²) in [5, 5.41) is 8.27. The molecule has 0 atom stereocenters. The van der Waals surface area contributed by atoms with Gasteiger partial charge < -0.3 is 15.6 Å². The van der Waals surface area contributed by atoms with Gasteiger partial charge in [0.25, 0.3) is 5.91 Å². The summed E-state index contributed by atoms with van der Waals surface area (Å²) in [6.07, 6.45) is 0. The number of carbonyl (C=O) groups is 1. The molecule has 0 spiro atoms. The van der Waals surface area contributed by atoms with Crippen molar-refractivity contribution in [2.24, 2.45) is 0 Å². The lowest BCUT2D eigenvalue weighted by Crippen LogP contribution is -2.24. The van der Waals surface area contributed by atoms with E-state index < -0.39 is 0 Å². The lowest BCUT2D eigenvalue weighted by atomic mass is 10.1. The molecule has 3 N–H and O–H groups in total. The summed E-state index contributed by atoms with van der Waals surface area (Å²) in [6.45, 7) is 2.08. The highest BCUT2D eigenvalue weighted by Gasteiger charge is 2.11. The molecule has 0 saturated carbocycles. The Morgan fingerprint density at radius 1 is 1.33 bits per heavy atom. The fourth-order valence-corrected chi connectivity index (χ4v) is 2.10. The summed E-state index contributed by atoms with van der Waals surface area (Å²) in [7, 11) is 0. The highest BCUT2D eigenvalue weighted by atomic mass is 16.5. The van der Waals surface area contributed by atoms with Crippen LogP contribution in [0.25, 0.3) is 10.8 Å². The Hall–Kier alpha value is -2.89. The highest BCUT2D eigenvalue weighted by Crippen LogP contribution is 2.19. The Labute approximate surface area is 121 Å². The van der Waals surface area contributed by atoms with Gasteiger partial charge in [0.15, 0.2) is 0 Å². The van der Waals surface area contributed by atoms with E-state index in [9.17, 15) is 4.79 Å². The number of aromatic nitrogens is 2. The minimum absolute atomic E-state index is 0.282. The highest BCUT2D eigenvalue weighted by molar-refractivity contribution is 5.99. The van der Waals surface area contributed by atoms with E-state index >= 15 is 0 Å². The van der Waals surface area contributed by atoms with E-state index in [1.807, 2.05) is 24.3 Å². The number of rotatable bonds is 3. The second-order valence-corrected chi connectivity index (χ2v) is 4.73. The number of carbonyl (C=O) groups excluding carboxylic acids is 1. The standard InChI is InChI=1S/C15H14N4O2/c1-9-6-11(19-21-9)8-17-15(20)13-7-10-4-2-3-5-12(10)14(16)18-13/h2-7H,8H2,1H3,(H2,16,18)(H,17,20). The summed E-state index contributed by atoms with van der Waals surface area (Å²) in [5.41, 5.74) is 6.83. The van der Waals surface area contributed by atoms with Crippen LogP contribution >= 0.6 is 0 Å². The maximum atomic E-state index is 12.1. The monoisotopic (exact) mass is 282 g/mol. The van der Waals surface area contributed by atoms with E-state index in [-0.39, 0.29) is 18.1 Å². The molecule has 0 bridgehead atoms. The van der Waals surface area contributed by atoms with Crippen molar-refractivity contribution in [2.75, 3.05) is 5.73 Å². The molecule has 106 valence electrons. The average Bonchev–Trinajstić information content (AvgIpc) is 2.90.